The van der Waals surface area contributed by atoms with Crippen LogP contribution in [0.4, 0.5) is 28.7 Å². The summed E-state index contributed by atoms with van der Waals surface area (Å²) < 4.78 is 124. The van der Waals surface area contributed by atoms with Gasteiger partial charge in [0.1, 0.15) is 11.6 Å². The largest absolute Gasteiger partial charge is 0.425 e. The Kier molecular flexibility index (Phi) is 14.1. The third-order valence-electron chi connectivity index (χ3n) is 7.76. The molecule has 0 aliphatic rings. The van der Waals surface area contributed by atoms with Crippen LogP contribution in [0.15, 0.2) is 139 Å². The van der Waals surface area contributed by atoms with Gasteiger partial charge in [-0.05, 0) is 82.6 Å². The number of rotatable bonds is 14. The highest BCUT2D eigenvalue weighted by molar-refractivity contribution is 7.86. The average Bonchev–Trinajstić information content (AvgIpc) is 3.16. The summed E-state index contributed by atoms with van der Waals surface area (Å²) in [7, 11) is -16.5. The van der Waals surface area contributed by atoms with E-state index < -0.39 is 51.6 Å². The maximum absolute atomic E-state index is 12.4. The van der Waals surface area contributed by atoms with Gasteiger partial charge in [-0.25, -0.2) is 4.98 Å². The maximum atomic E-state index is 12.4. The number of anilines is 1. The highest BCUT2D eigenvalue weighted by Gasteiger charge is 2.19. The molecule has 306 valence electrons. The van der Waals surface area contributed by atoms with Crippen LogP contribution in [0.2, 0.25) is 0 Å². The summed E-state index contributed by atoms with van der Waals surface area (Å²) in [6.07, 6.45) is -0.0103. The third-order valence-corrected chi connectivity index (χ3v) is 10.3. The fraction of sp³-hybridized carbons (Fsp3) is 0.114. The van der Waals surface area contributed by atoms with E-state index in [1.165, 1.54) is 30.3 Å². The first-order valence-electron chi connectivity index (χ1n) is 16.6. The number of benzene rings is 5. The lowest BCUT2D eigenvalue weighted by Gasteiger charge is -2.11. The molecule has 0 spiro atoms. The van der Waals surface area contributed by atoms with Crippen molar-refractivity contribution in [3.8, 4) is 0 Å². The quantitative estimate of drug-likeness (QED) is 0.0739. The molecule has 0 saturated carbocycles. The first-order valence-corrected chi connectivity index (χ1v) is 22.1. The van der Waals surface area contributed by atoms with Gasteiger partial charge in [-0.1, -0.05) is 48.5 Å². The zero-order valence-electron chi connectivity index (χ0n) is 30.0. The van der Waals surface area contributed by atoms with Crippen LogP contribution in [0.5, 0.6) is 0 Å². The second-order valence-corrected chi connectivity index (χ2v) is 16.9. The van der Waals surface area contributed by atoms with E-state index in [1.54, 1.807) is 72.8 Å². The Morgan fingerprint density at radius 3 is 1.69 bits per heavy atom. The van der Waals surface area contributed by atoms with E-state index in [9.17, 15) is 38.9 Å². The Hall–Kier alpha value is -6.28. The van der Waals surface area contributed by atoms with Gasteiger partial charge in [0.25, 0.3) is 30.4 Å². The topological polar surface area (TPSA) is 314 Å². The van der Waals surface area contributed by atoms with Crippen LogP contribution in [-0.2, 0) is 53.8 Å². The summed E-state index contributed by atoms with van der Waals surface area (Å²) in [5.74, 6) is -0.318. The van der Waals surface area contributed by atoms with Crippen molar-refractivity contribution in [3.05, 3.63) is 132 Å². The third kappa shape index (κ3) is 14.0. The van der Waals surface area contributed by atoms with Crippen molar-refractivity contribution in [1.82, 2.24) is 15.0 Å². The molecule has 0 aliphatic carbocycles. The average molecular weight is 883 g/mol. The van der Waals surface area contributed by atoms with Crippen LogP contribution in [0.3, 0.4) is 0 Å². The summed E-state index contributed by atoms with van der Waals surface area (Å²) >= 11 is 0. The molecule has 6 aromatic rings. The van der Waals surface area contributed by atoms with E-state index in [0.29, 0.717) is 27.8 Å². The maximum Gasteiger partial charge on any atom is 0.425 e. The molecule has 0 amide bonds. The Morgan fingerprint density at radius 1 is 0.559 bits per heavy atom. The molecule has 0 bridgehead atoms. The smallest absolute Gasteiger partial charge is 0.353 e. The Labute approximate surface area is 338 Å². The SMILES string of the molecule is O=S(=O)(O)CCNc1nc(Cc2ccc(N=Nc3ccc4cc(S(=O)(=O)O)ccc4c3)cc2)nc(Cc2ccc(N=Nc3ccccc3)cc2S(=O)(=O)O)n1.O=S(=O)=O. The van der Waals surface area contributed by atoms with Gasteiger partial charge in [0.15, 0.2) is 0 Å². The second kappa shape index (κ2) is 19.0. The molecule has 4 N–H and O–H groups in total. The summed E-state index contributed by atoms with van der Waals surface area (Å²) in [4.78, 5) is 12.6. The van der Waals surface area contributed by atoms with Crippen LogP contribution in [0.1, 0.15) is 22.8 Å². The van der Waals surface area contributed by atoms with Gasteiger partial charge in [0.05, 0.1) is 38.3 Å². The Morgan fingerprint density at radius 2 is 1.08 bits per heavy atom. The van der Waals surface area contributed by atoms with Crippen molar-refractivity contribution >= 4 is 80.4 Å². The molecular weight excluding hydrogens is 853 g/mol. The van der Waals surface area contributed by atoms with Crippen molar-refractivity contribution < 1.29 is 51.5 Å². The van der Waals surface area contributed by atoms with Crippen LogP contribution >= 0.6 is 0 Å². The first-order chi connectivity index (χ1) is 27.8. The second-order valence-electron chi connectivity index (χ2n) is 12.1. The van der Waals surface area contributed by atoms with Crippen LogP contribution in [-0.4, -0.2) is 78.8 Å². The van der Waals surface area contributed by atoms with E-state index in [2.05, 4.69) is 40.7 Å². The minimum absolute atomic E-state index is 0.0275. The van der Waals surface area contributed by atoms with Crippen LogP contribution < -0.4 is 5.32 Å². The molecule has 20 nitrogen and oxygen atoms in total. The molecule has 59 heavy (non-hydrogen) atoms. The number of hydrogen-bond acceptors (Lipinski definition) is 17. The number of aromatic nitrogens is 3. The van der Waals surface area contributed by atoms with Crippen LogP contribution in [0, 0.1) is 0 Å². The predicted molar refractivity (Wildman–Crippen MR) is 211 cm³/mol. The minimum Gasteiger partial charge on any atom is -0.353 e. The first kappa shape index (κ1) is 43.8. The van der Waals surface area contributed by atoms with Crippen molar-refractivity contribution in [2.45, 2.75) is 22.6 Å². The number of hydrogen-bond donors (Lipinski definition) is 4. The van der Waals surface area contributed by atoms with Crippen molar-refractivity contribution in [3.63, 3.8) is 0 Å². The summed E-state index contributed by atoms with van der Waals surface area (Å²) in [6, 6.07) is 29.1. The monoisotopic (exact) mass is 882 g/mol. The van der Waals surface area contributed by atoms with Crippen molar-refractivity contribution in [2.75, 3.05) is 17.6 Å². The normalized spacial score (nSPS) is 12.1. The molecule has 1 aromatic heterocycles. The zero-order chi connectivity index (χ0) is 42.8. The number of azo groups is 2. The molecule has 24 heteroatoms. The van der Waals surface area contributed by atoms with Gasteiger partial charge in [-0.15, -0.1) is 12.6 Å². The molecule has 5 aromatic carbocycles. The van der Waals surface area contributed by atoms with E-state index in [4.69, 9.17) is 12.6 Å². The zero-order valence-corrected chi connectivity index (χ0v) is 33.3. The van der Waals surface area contributed by atoms with Gasteiger partial charge in [-0.3, -0.25) is 13.7 Å². The number of nitrogens with one attached hydrogen (secondary N) is 1. The van der Waals surface area contributed by atoms with E-state index in [-0.39, 0.29) is 53.1 Å². The van der Waals surface area contributed by atoms with Crippen molar-refractivity contribution in [2.24, 2.45) is 20.5 Å². The molecular formula is C35H30N8O12S4. The Bertz CT molecular complexity index is 3000. The molecule has 1 heterocycles. The summed E-state index contributed by atoms with van der Waals surface area (Å²) in [6.45, 7) is -0.234. The number of nitrogens with zero attached hydrogens (tertiary/aromatic N) is 7. The molecule has 0 atom stereocenters. The van der Waals surface area contributed by atoms with E-state index in [1.807, 2.05) is 6.07 Å². The van der Waals surface area contributed by atoms with Gasteiger partial charge in [0.2, 0.25) is 5.95 Å². The summed E-state index contributed by atoms with van der Waals surface area (Å²) in [5, 5.41) is 20.7. The number of fused-ring (bicyclic) bond motifs is 1. The molecule has 0 saturated heterocycles. The predicted octanol–water partition coefficient (Wildman–Crippen LogP) is 5.83. The van der Waals surface area contributed by atoms with Gasteiger partial charge in [-0.2, -0.15) is 55.7 Å². The molecule has 0 unspecified atom stereocenters. The minimum atomic E-state index is -4.73. The van der Waals surface area contributed by atoms with Gasteiger partial charge in [0, 0.05) is 19.4 Å². The fourth-order valence-electron chi connectivity index (χ4n) is 5.18. The lowest BCUT2D eigenvalue weighted by atomic mass is 10.1. The molecule has 0 fully saturated rings. The van der Waals surface area contributed by atoms with Crippen LogP contribution in [0.25, 0.3) is 10.8 Å². The van der Waals surface area contributed by atoms with Gasteiger partial charge < -0.3 is 5.32 Å². The standard InChI is InChI=1S/C35H30N8O9S3.O3S/c44-53(45,46)17-16-36-35-38-33(37-34(39-35)21-26-9-14-30(22-32(26)55(50,51)52)43-40-27-4-2-1-3-5-27)18-23-6-11-28(12-7-23)41-42-29-13-8-25-20-31(54(47,48)49)15-10-24(25)19-29;1-4(2)3/h1-15,19-20,22H,16-18,21H2,(H,44,45,46)(H,47,48,49)(H,50,51,52)(H,36,37,38,39);. The Balaban J connectivity index is 0.00000158. The summed E-state index contributed by atoms with van der Waals surface area (Å²) in [5.41, 5.74) is 2.61. The van der Waals surface area contributed by atoms with E-state index >= 15 is 0 Å². The lowest BCUT2D eigenvalue weighted by Crippen LogP contribution is -2.18. The highest BCUT2D eigenvalue weighted by Crippen LogP contribution is 2.28. The van der Waals surface area contributed by atoms with Crippen molar-refractivity contribution in [1.29, 1.82) is 0 Å². The van der Waals surface area contributed by atoms with E-state index in [0.717, 1.165) is 5.56 Å². The molecule has 0 radical (unpaired) electrons. The molecule has 6 rings (SSSR count). The van der Waals surface area contributed by atoms with Gasteiger partial charge >= 0.3 is 10.6 Å². The lowest BCUT2D eigenvalue weighted by molar-refractivity contribution is 0.480. The molecule has 0 aliphatic heterocycles. The highest BCUT2D eigenvalue weighted by atomic mass is 32.2. The fourth-order valence-corrected chi connectivity index (χ4v) is 6.80.